The van der Waals surface area contributed by atoms with E-state index in [9.17, 15) is 4.79 Å². The van der Waals surface area contributed by atoms with E-state index in [2.05, 4.69) is 0 Å². The van der Waals surface area contributed by atoms with Gasteiger partial charge in [-0.3, -0.25) is 4.79 Å². The molecule has 3 nitrogen and oxygen atoms in total. The van der Waals surface area contributed by atoms with Gasteiger partial charge in [-0.25, -0.2) is 0 Å². The van der Waals surface area contributed by atoms with Crippen molar-refractivity contribution >= 4 is 5.78 Å². The number of rotatable bonds is 1. The first-order valence-electron chi connectivity index (χ1n) is 5.20. The Kier molecular flexibility index (Phi) is 2.35. The zero-order valence-corrected chi connectivity index (χ0v) is 8.88. The van der Waals surface area contributed by atoms with Gasteiger partial charge in [0.25, 0.3) is 0 Å². The van der Waals surface area contributed by atoms with E-state index in [4.69, 9.17) is 4.74 Å². The summed E-state index contributed by atoms with van der Waals surface area (Å²) in [5.41, 5.74) is 0.402. The van der Waals surface area contributed by atoms with Crippen LogP contribution in [-0.2, 0) is 9.53 Å². The molecule has 2 fully saturated rings. The van der Waals surface area contributed by atoms with Crippen LogP contribution in [0.5, 0.6) is 0 Å². The smallest absolute Gasteiger partial charge is 0.194 e. The lowest BCUT2D eigenvalue weighted by Gasteiger charge is -2.18. The highest BCUT2D eigenvalue weighted by Crippen LogP contribution is 2.40. The van der Waals surface area contributed by atoms with E-state index in [1.165, 1.54) is 0 Å². The SMILES string of the molecule is CN(C)/C=C1\COC2(CCCC2)C1=O. The Bertz CT molecular complexity index is 275. The van der Waals surface area contributed by atoms with Gasteiger partial charge in [0.1, 0.15) is 5.60 Å². The molecular formula is C11H17NO2. The van der Waals surface area contributed by atoms with Crippen molar-refractivity contribution in [2.75, 3.05) is 20.7 Å². The van der Waals surface area contributed by atoms with Crippen LogP contribution in [-0.4, -0.2) is 37.0 Å². The van der Waals surface area contributed by atoms with Gasteiger partial charge in [0.15, 0.2) is 5.78 Å². The maximum atomic E-state index is 12.0. The maximum absolute atomic E-state index is 12.0. The lowest BCUT2D eigenvalue weighted by atomic mass is 9.95. The first-order chi connectivity index (χ1) is 6.64. The number of hydrogen-bond donors (Lipinski definition) is 0. The van der Waals surface area contributed by atoms with Crippen molar-refractivity contribution in [3.63, 3.8) is 0 Å². The molecule has 2 aliphatic rings. The molecule has 0 atom stereocenters. The molecule has 14 heavy (non-hydrogen) atoms. The van der Waals surface area contributed by atoms with Gasteiger partial charge in [0.2, 0.25) is 0 Å². The largest absolute Gasteiger partial charge is 0.383 e. The highest BCUT2D eigenvalue weighted by Gasteiger charge is 2.48. The predicted octanol–water partition coefficient (Wildman–Crippen LogP) is 1.34. The molecule has 0 aromatic heterocycles. The summed E-state index contributed by atoms with van der Waals surface area (Å²) in [4.78, 5) is 14.0. The molecule has 1 spiro atoms. The van der Waals surface area contributed by atoms with Crippen LogP contribution in [0.3, 0.4) is 0 Å². The third kappa shape index (κ3) is 1.46. The molecule has 0 N–H and O–H groups in total. The molecule has 0 unspecified atom stereocenters. The molecule has 78 valence electrons. The quantitative estimate of drug-likeness (QED) is 0.591. The van der Waals surface area contributed by atoms with E-state index in [0.29, 0.717) is 6.61 Å². The Morgan fingerprint density at radius 3 is 2.57 bits per heavy atom. The third-order valence-electron chi connectivity index (χ3n) is 3.03. The van der Waals surface area contributed by atoms with Crippen LogP contribution < -0.4 is 0 Å². The normalized spacial score (nSPS) is 27.9. The van der Waals surface area contributed by atoms with E-state index >= 15 is 0 Å². The Morgan fingerprint density at radius 1 is 1.36 bits per heavy atom. The van der Waals surface area contributed by atoms with Gasteiger partial charge in [-0.15, -0.1) is 0 Å². The molecule has 1 aliphatic carbocycles. The van der Waals surface area contributed by atoms with Gasteiger partial charge in [-0.1, -0.05) is 0 Å². The van der Waals surface area contributed by atoms with Gasteiger partial charge in [-0.2, -0.15) is 0 Å². The number of hydrogen-bond acceptors (Lipinski definition) is 3. The summed E-state index contributed by atoms with van der Waals surface area (Å²) < 4.78 is 5.68. The zero-order chi connectivity index (χ0) is 10.2. The van der Waals surface area contributed by atoms with Crippen LogP contribution in [0.2, 0.25) is 0 Å². The molecule has 1 saturated carbocycles. The lowest BCUT2D eigenvalue weighted by molar-refractivity contribution is -0.129. The fraction of sp³-hybridized carbons (Fsp3) is 0.727. The highest BCUT2D eigenvalue weighted by atomic mass is 16.5. The van der Waals surface area contributed by atoms with Crippen LogP contribution >= 0.6 is 0 Å². The zero-order valence-electron chi connectivity index (χ0n) is 8.88. The van der Waals surface area contributed by atoms with Crippen LogP contribution in [0.15, 0.2) is 11.8 Å². The molecule has 0 radical (unpaired) electrons. The summed E-state index contributed by atoms with van der Waals surface area (Å²) >= 11 is 0. The van der Waals surface area contributed by atoms with Crippen molar-refractivity contribution in [3.05, 3.63) is 11.8 Å². The number of nitrogens with zero attached hydrogens (tertiary/aromatic N) is 1. The molecule has 0 bridgehead atoms. The fourth-order valence-corrected chi connectivity index (χ4v) is 2.36. The Morgan fingerprint density at radius 2 is 2.00 bits per heavy atom. The highest BCUT2D eigenvalue weighted by molar-refractivity contribution is 6.04. The number of ether oxygens (including phenoxy) is 1. The molecule has 0 amide bonds. The van der Waals surface area contributed by atoms with E-state index in [-0.39, 0.29) is 5.78 Å². The van der Waals surface area contributed by atoms with Gasteiger partial charge >= 0.3 is 0 Å². The average Bonchev–Trinajstić information content (AvgIpc) is 2.69. The first kappa shape index (κ1) is 9.71. The summed E-state index contributed by atoms with van der Waals surface area (Å²) in [6.45, 7) is 0.497. The standard InChI is InChI=1S/C11H17NO2/c1-12(2)7-9-8-14-11(10(9)13)5-3-4-6-11/h7H,3-6,8H2,1-2H3/b9-7+. The number of carbonyl (C=O) groups excluding carboxylic acids is 1. The van der Waals surface area contributed by atoms with Crippen LogP contribution in [0.4, 0.5) is 0 Å². The molecule has 2 rings (SSSR count). The minimum atomic E-state index is -0.429. The number of carbonyl (C=O) groups is 1. The minimum Gasteiger partial charge on any atom is -0.383 e. The van der Waals surface area contributed by atoms with E-state index in [0.717, 1.165) is 31.3 Å². The number of ketones is 1. The minimum absolute atomic E-state index is 0.226. The molecule has 3 heteroatoms. The molecule has 1 saturated heterocycles. The Labute approximate surface area is 84.7 Å². The third-order valence-corrected chi connectivity index (χ3v) is 3.03. The van der Waals surface area contributed by atoms with Gasteiger partial charge < -0.3 is 9.64 Å². The molecule has 0 aromatic rings. The Balaban J connectivity index is 2.18. The van der Waals surface area contributed by atoms with E-state index in [1.54, 1.807) is 0 Å². The monoisotopic (exact) mass is 195 g/mol. The van der Waals surface area contributed by atoms with Crippen LogP contribution in [0, 0.1) is 0 Å². The Hall–Kier alpha value is -0.830. The first-order valence-corrected chi connectivity index (χ1v) is 5.20. The van der Waals surface area contributed by atoms with E-state index < -0.39 is 5.60 Å². The molecule has 0 aromatic carbocycles. The van der Waals surface area contributed by atoms with Crippen molar-refractivity contribution in [1.82, 2.24) is 4.90 Å². The van der Waals surface area contributed by atoms with Crippen molar-refractivity contribution < 1.29 is 9.53 Å². The van der Waals surface area contributed by atoms with Crippen LogP contribution in [0.25, 0.3) is 0 Å². The van der Waals surface area contributed by atoms with Crippen molar-refractivity contribution in [2.45, 2.75) is 31.3 Å². The second-order valence-electron chi connectivity index (χ2n) is 4.44. The maximum Gasteiger partial charge on any atom is 0.194 e. The summed E-state index contributed by atoms with van der Waals surface area (Å²) in [6, 6.07) is 0. The van der Waals surface area contributed by atoms with Gasteiger partial charge in [0, 0.05) is 25.9 Å². The molecule has 1 heterocycles. The van der Waals surface area contributed by atoms with Crippen molar-refractivity contribution in [2.24, 2.45) is 0 Å². The average molecular weight is 195 g/mol. The van der Waals surface area contributed by atoms with Gasteiger partial charge in [-0.05, 0) is 25.7 Å². The summed E-state index contributed by atoms with van der Waals surface area (Å²) in [7, 11) is 3.86. The lowest BCUT2D eigenvalue weighted by Crippen LogP contribution is -2.32. The predicted molar refractivity (Wildman–Crippen MR) is 53.9 cm³/mol. The van der Waals surface area contributed by atoms with E-state index in [1.807, 2.05) is 25.2 Å². The topological polar surface area (TPSA) is 29.5 Å². The number of Topliss-reactive ketones (excluding diaryl/α,β-unsaturated/α-hetero) is 1. The molecular weight excluding hydrogens is 178 g/mol. The second-order valence-corrected chi connectivity index (χ2v) is 4.44. The summed E-state index contributed by atoms with van der Waals surface area (Å²) in [6.07, 6.45) is 5.96. The second kappa shape index (κ2) is 3.39. The van der Waals surface area contributed by atoms with Crippen molar-refractivity contribution in [1.29, 1.82) is 0 Å². The molecule has 1 aliphatic heterocycles. The summed E-state index contributed by atoms with van der Waals surface area (Å²) in [5.74, 6) is 0.226. The van der Waals surface area contributed by atoms with Gasteiger partial charge in [0.05, 0.1) is 6.61 Å². The van der Waals surface area contributed by atoms with Crippen molar-refractivity contribution in [3.8, 4) is 0 Å². The summed E-state index contributed by atoms with van der Waals surface area (Å²) in [5, 5.41) is 0. The van der Waals surface area contributed by atoms with Crippen LogP contribution in [0.1, 0.15) is 25.7 Å². The fourth-order valence-electron chi connectivity index (χ4n) is 2.36.